The minimum atomic E-state index is 0. The van der Waals surface area contributed by atoms with Gasteiger partial charge in [-0.05, 0) is 31.1 Å². The van der Waals surface area contributed by atoms with E-state index in [0.29, 0.717) is 48.3 Å². The van der Waals surface area contributed by atoms with E-state index >= 15 is 0 Å². The van der Waals surface area contributed by atoms with Crippen molar-refractivity contribution < 1.29 is 9.53 Å². The summed E-state index contributed by atoms with van der Waals surface area (Å²) in [6.07, 6.45) is 5.72. The van der Waals surface area contributed by atoms with Crippen LogP contribution in [0.5, 0.6) is 0 Å². The van der Waals surface area contributed by atoms with E-state index in [-0.39, 0.29) is 12.4 Å². The lowest BCUT2D eigenvalue weighted by molar-refractivity contribution is -0.128. The van der Waals surface area contributed by atoms with Gasteiger partial charge in [-0.15, -0.1) is 12.4 Å². The third-order valence-electron chi connectivity index (χ3n) is 6.11. The molecule has 0 bridgehead atoms. The molecule has 6 unspecified atom stereocenters. The molecule has 4 rings (SSSR count). The summed E-state index contributed by atoms with van der Waals surface area (Å²) in [6.45, 7) is 5.83. The van der Waals surface area contributed by atoms with Gasteiger partial charge < -0.3 is 20.3 Å². The summed E-state index contributed by atoms with van der Waals surface area (Å²) in [4.78, 5) is 14.4. The average Bonchev–Trinajstić information content (AvgIpc) is 2.93. The number of amides is 1. The highest BCUT2D eigenvalue weighted by Gasteiger charge is 2.45. The van der Waals surface area contributed by atoms with Crippen molar-refractivity contribution in [3.8, 4) is 0 Å². The van der Waals surface area contributed by atoms with Crippen molar-refractivity contribution in [3.63, 3.8) is 0 Å². The third kappa shape index (κ3) is 3.68. The Balaban J connectivity index is 0.00000156. The first-order valence-corrected chi connectivity index (χ1v) is 9.09. The number of nitrogens with zero attached hydrogens (tertiary/aromatic N) is 1. The minimum absolute atomic E-state index is 0. The smallest absolute Gasteiger partial charge is 0.224 e. The maximum Gasteiger partial charge on any atom is 0.224 e. The number of likely N-dealkylation sites (tertiary alicyclic amines) is 1. The van der Waals surface area contributed by atoms with Crippen molar-refractivity contribution in [2.75, 3.05) is 26.3 Å². The molecule has 6 atom stereocenters. The molecule has 4 aliphatic rings. The fraction of sp³-hybridized carbons (Fsp3) is 0.941. The second kappa shape index (κ2) is 7.26. The molecule has 0 aromatic heterocycles. The Morgan fingerprint density at radius 1 is 1.35 bits per heavy atom. The van der Waals surface area contributed by atoms with Crippen LogP contribution in [0.4, 0.5) is 0 Å². The number of nitrogens with one attached hydrogen (secondary N) is 2. The minimum Gasteiger partial charge on any atom is -0.379 e. The Hall–Kier alpha value is -0.360. The lowest BCUT2D eigenvalue weighted by Gasteiger charge is -2.34. The van der Waals surface area contributed by atoms with Gasteiger partial charge in [-0.1, -0.05) is 13.3 Å². The molecular weight excluding hydrogens is 314 g/mol. The van der Waals surface area contributed by atoms with Crippen LogP contribution in [0.3, 0.4) is 0 Å². The summed E-state index contributed by atoms with van der Waals surface area (Å²) in [6, 6.07) is 1.93. The van der Waals surface area contributed by atoms with Gasteiger partial charge in [-0.2, -0.15) is 0 Å². The molecule has 0 aromatic carbocycles. The first-order chi connectivity index (χ1) is 10.7. The predicted molar refractivity (Wildman–Crippen MR) is 91.8 cm³/mol. The van der Waals surface area contributed by atoms with E-state index in [1.807, 2.05) is 0 Å². The molecular formula is C17H30ClN3O2. The fourth-order valence-electron chi connectivity index (χ4n) is 4.74. The molecule has 5 nitrogen and oxygen atoms in total. The lowest BCUT2D eigenvalue weighted by Crippen LogP contribution is -2.52. The maximum absolute atomic E-state index is 12.2. The fourth-order valence-corrected chi connectivity index (χ4v) is 4.74. The second-order valence-electron chi connectivity index (χ2n) is 7.73. The molecule has 2 saturated carbocycles. The molecule has 2 saturated heterocycles. The standard InChI is InChI=1S/C17H29N3O2.ClH/c1-11-7-16(11)20-9-12(8-17(20)21)19-14-4-2-3-13(14)15-10-22-6-5-18-15;/h11-16,18-19H,2-10H2,1H3;1H. The molecule has 0 aromatic rings. The Bertz CT molecular complexity index is 430. The normalized spacial score (nSPS) is 43.5. The van der Waals surface area contributed by atoms with Gasteiger partial charge in [0.2, 0.25) is 5.91 Å². The van der Waals surface area contributed by atoms with Crippen molar-refractivity contribution in [2.24, 2.45) is 11.8 Å². The van der Waals surface area contributed by atoms with Gasteiger partial charge >= 0.3 is 0 Å². The zero-order valence-electron chi connectivity index (χ0n) is 14.0. The monoisotopic (exact) mass is 343 g/mol. The van der Waals surface area contributed by atoms with Gasteiger partial charge in [0.1, 0.15) is 0 Å². The molecule has 0 radical (unpaired) electrons. The maximum atomic E-state index is 12.2. The SMILES string of the molecule is CC1CC1N1CC(NC2CCCC2C2COCCN2)CC1=O.Cl. The van der Waals surface area contributed by atoms with Crippen LogP contribution in [0.1, 0.15) is 39.0 Å². The van der Waals surface area contributed by atoms with E-state index in [1.165, 1.54) is 25.7 Å². The van der Waals surface area contributed by atoms with Crippen LogP contribution in [-0.4, -0.2) is 61.3 Å². The summed E-state index contributed by atoms with van der Waals surface area (Å²) in [5.41, 5.74) is 0. The van der Waals surface area contributed by atoms with E-state index in [2.05, 4.69) is 22.5 Å². The number of hydrogen-bond acceptors (Lipinski definition) is 4. The second-order valence-corrected chi connectivity index (χ2v) is 7.73. The zero-order chi connectivity index (χ0) is 15.1. The van der Waals surface area contributed by atoms with Crippen molar-refractivity contribution in [1.82, 2.24) is 15.5 Å². The molecule has 23 heavy (non-hydrogen) atoms. The van der Waals surface area contributed by atoms with Crippen LogP contribution in [0.15, 0.2) is 0 Å². The van der Waals surface area contributed by atoms with Crippen LogP contribution in [0.2, 0.25) is 0 Å². The van der Waals surface area contributed by atoms with Crippen LogP contribution < -0.4 is 10.6 Å². The quantitative estimate of drug-likeness (QED) is 0.804. The Morgan fingerprint density at radius 2 is 2.17 bits per heavy atom. The van der Waals surface area contributed by atoms with Gasteiger partial charge in [-0.25, -0.2) is 0 Å². The van der Waals surface area contributed by atoms with Crippen LogP contribution in [0, 0.1) is 11.8 Å². The summed E-state index contributed by atoms with van der Waals surface area (Å²) >= 11 is 0. The van der Waals surface area contributed by atoms with Crippen LogP contribution >= 0.6 is 12.4 Å². The van der Waals surface area contributed by atoms with Crippen molar-refractivity contribution in [2.45, 2.75) is 63.2 Å². The van der Waals surface area contributed by atoms with Crippen LogP contribution in [0.25, 0.3) is 0 Å². The van der Waals surface area contributed by atoms with Crippen LogP contribution in [-0.2, 0) is 9.53 Å². The number of carbonyl (C=O) groups is 1. The van der Waals surface area contributed by atoms with E-state index in [0.717, 1.165) is 26.3 Å². The molecule has 132 valence electrons. The molecule has 2 heterocycles. The largest absolute Gasteiger partial charge is 0.379 e. The zero-order valence-corrected chi connectivity index (χ0v) is 14.8. The van der Waals surface area contributed by atoms with Gasteiger partial charge in [-0.3, -0.25) is 4.79 Å². The number of ether oxygens (including phenoxy) is 1. The lowest BCUT2D eigenvalue weighted by atomic mass is 9.93. The number of rotatable bonds is 4. The van der Waals surface area contributed by atoms with E-state index in [4.69, 9.17) is 4.74 Å². The highest BCUT2D eigenvalue weighted by molar-refractivity contribution is 5.85. The van der Waals surface area contributed by atoms with Gasteiger partial charge in [0.05, 0.1) is 13.2 Å². The summed E-state index contributed by atoms with van der Waals surface area (Å²) in [5.74, 6) is 1.73. The highest BCUT2D eigenvalue weighted by Crippen LogP contribution is 2.38. The first-order valence-electron chi connectivity index (χ1n) is 9.09. The summed E-state index contributed by atoms with van der Waals surface area (Å²) in [7, 11) is 0. The molecule has 4 fully saturated rings. The predicted octanol–water partition coefficient (Wildman–Crippen LogP) is 1.16. The van der Waals surface area contributed by atoms with E-state index in [9.17, 15) is 4.79 Å². The molecule has 6 heteroatoms. The molecule has 2 aliphatic heterocycles. The number of halogens is 1. The number of carbonyl (C=O) groups excluding carboxylic acids is 1. The Morgan fingerprint density at radius 3 is 2.87 bits per heavy atom. The average molecular weight is 344 g/mol. The highest BCUT2D eigenvalue weighted by atomic mass is 35.5. The molecule has 2 N–H and O–H groups in total. The van der Waals surface area contributed by atoms with Gasteiger partial charge in [0, 0.05) is 43.7 Å². The molecule has 2 aliphatic carbocycles. The van der Waals surface area contributed by atoms with E-state index in [1.54, 1.807) is 0 Å². The summed E-state index contributed by atoms with van der Waals surface area (Å²) < 4.78 is 5.65. The van der Waals surface area contributed by atoms with Crippen molar-refractivity contribution in [3.05, 3.63) is 0 Å². The van der Waals surface area contributed by atoms with Crippen molar-refractivity contribution >= 4 is 18.3 Å². The van der Waals surface area contributed by atoms with Gasteiger partial charge in [0.15, 0.2) is 0 Å². The number of morpholine rings is 1. The summed E-state index contributed by atoms with van der Waals surface area (Å²) in [5, 5.41) is 7.45. The third-order valence-corrected chi connectivity index (χ3v) is 6.11. The van der Waals surface area contributed by atoms with Gasteiger partial charge in [0.25, 0.3) is 0 Å². The Kier molecular flexibility index (Phi) is 5.51. The van der Waals surface area contributed by atoms with Crippen molar-refractivity contribution in [1.29, 1.82) is 0 Å². The Labute approximate surface area is 145 Å². The molecule has 1 amide bonds. The number of hydrogen-bond donors (Lipinski definition) is 2. The van der Waals surface area contributed by atoms with E-state index < -0.39 is 0 Å². The molecule has 0 spiro atoms. The topological polar surface area (TPSA) is 53.6 Å². The first kappa shape index (κ1) is 17.5.